The van der Waals surface area contributed by atoms with Crippen LogP contribution in [0.2, 0.25) is 0 Å². The van der Waals surface area contributed by atoms with Crippen LogP contribution < -0.4 is 10.6 Å². The van der Waals surface area contributed by atoms with E-state index in [0.717, 1.165) is 30.6 Å². The second kappa shape index (κ2) is 5.12. The number of hydrogen-bond acceptors (Lipinski definition) is 2. The largest absolute Gasteiger partial charge is 0.371 e. The second-order valence-corrected chi connectivity index (χ2v) is 6.25. The summed E-state index contributed by atoms with van der Waals surface area (Å²) >= 11 is 0. The number of nitrogens with two attached hydrogens (primary N) is 1. The number of anilines is 1. The smallest absolute Gasteiger partial charge is 0.130 e. The van der Waals surface area contributed by atoms with E-state index in [2.05, 4.69) is 4.90 Å². The van der Waals surface area contributed by atoms with E-state index in [1.165, 1.54) is 31.7 Å². The molecule has 0 aromatic heterocycles. The fourth-order valence-electron chi connectivity index (χ4n) is 2.75. The van der Waals surface area contributed by atoms with Gasteiger partial charge in [0.05, 0.1) is 0 Å². The molecule has 0 radical (unpaired) electrons. The lowest BCUT2D eigenvalue weighted by Crippen LogP contribution is -2.30. The summed E-state index contributed by atoms with van der Waals surface area (Å²) in [6.07, 6.45) is 5.29. The van der Waals surface area contributed by atoms with Crippen molar-refractivity contribution in [3.8, 4) is 0 Å². The fraction of sp³-hybridized carbons (Fsp3) is 0.625. The third-order valence-corrected chi connectivity index (χ3v) is 4.18. The van der Waals surface area contributed by atoms with E-state index < -0.39 is 0 Å². The minimum atomic E-state index is -0.253. The van der Waals surface area contributed by atoms with E-state index in [9.17, 15) is 4.39 Å². The second-order valence-electron chi connectivity index (χ2n) is 6.25. The molecule has 0 saturated heterocycles. The van der Waals surface area contributed by atoms with Gasteiger partial charge in [-0.15, -0.1) is 0 Å². The van der Waals surface area contributed by atoms with Crippen molar-refractivity contribution in [3.63, 3.8) is 0 Å². The first-order valence-corrected chi connectivity index (χ1v) is 7.44. The number of rotatable bonds is 6. The first-order valence-electron chi connectivity index (χ1n) is 7.44. The third kappa shape index (κ3) is 3.08. The van der Waals surface area contributed by atoms with Gasteiger partial charge >= 0.3 is 0 Å². The Kier molecular flexibility index (Phi) is 3.48. The Balaban J connectivity index is 1.88. The molecule has 2 aliphatic carbocycles. The zero-order valence-corrected chi connectivity index (χ0v) is 11.6. The highest BCUT2D eigenvalue weighted by molar-refractivity contribution is 5.56. The summed E-state index contributed by atoms with van der Waals surface area (Å²) in [7, 11) is 0. The first-order chi connectivity index (χ1) is 9.15. The molecule has 1 aromatic rings. The van der Waals surface area contributed by atoms with Crippen LogP contribution in [0.4, 0.5) is 10.1 Å². The van der Waals surface area contributed by atoms with Crippen LogP contribution in [-0.4, -0.2) is 13.1 Å². The Morgan fingerprint density at radius 2 is 1.79 bits per heavy atom. The molecule has 2 saturated carbocycles. The van der Waals surface area contributed by atoms with Gasteiger partial charge in [-0.1, -0.05) is 6.07 Å². The van der Waals surface area contributed by atoms with Crippen molar-refractivity contribution in [1.29, 1.82) is 0 Å². The predicted octanol–water partition coefficient (Wildman–Crippen LogP) is 3.47. The molecule has 0 amide bonds. The quantitative estimate of drug-likeness (QED) is 0.850. The lowest BCUT2D eigenvalue weighted by Gasteiger charge is -2.28. The van der Waals surface area contributed by atoms with E-state index in [4.69, 9.17) is 5.73 Å². The van der Waals surface area contributed by atoms with Crippen LogP contribution in [0.1, 0.15) is 44.2 Å². The number of halogens is 1. The molecule has 2 aliphatic rings. The molecule has 3 rings (SSSR count). The standard InChI is InChI=1S/C16H23FN2/c1-11(18)16-14(17)3-2-4-15(16)19(9-12-5-6-12)10-13-7-8-13/h2-4,11-13H,5-10,18H2,1H3/t11-/m0/s1. The number of nitrogens with zero attached hydrogens (tertiary/aromatic N) is 1. The molecule has 0 spiro atoms. The van der Waals surface area contributed by atoms with Gasteiger partial charge in [-0.2, -0.15) is 0 Å². The average Bonchev–Trinajstić information content (AvgIpc) is 3.22. The number of hydrogen-bond donors (Lipinski definition) is 1. The van der Waals surface area contributed by atoms with Crippen molar-refractivity contribution in [2.24, 2.45) is 17.6 Å². The van der Waals surface area contributed by atoms with Gasteiger partial charge in [0, 0.05) is 30.4 Å². The van der Waals surface area contributed by atoms with Gasteiger partial charge in [0.15, 0.2) is 0 Å². The van der Waals surface area contributed by atoms with E-state index in [-0.39, 0.29) is 11.9 Å². The average molecular weight is 262 g/mol. The van der Waals surface area contributed by atoms with Crippen molar-refractivity contribution in [2.45, 2.75) is 38.6 Å². The summed E-state index contributed by atoms with van der Waals surface area (Å²) in [6.45, 7) is 4.01. The summed E-state index contributed by atoms with van der Waals surface area (Å²) in [5.41, 5.74) is 7.69. The van der Waals surface area contributed by atoms with Crippen LogP contribution >= 0.6 is 0 Å². The minimum absolute atomic E-state index is 0.163. The molecular weight excluding hydrogens is 239 g/mol. The van der Waals surface area contributed by atoms with E-state index in [0.29, 0.717) is 5.56 Å². The molecule has 2 N–H and O–H groups in total. The van der Waals surface area contributed by atoms with Gasteiger partial charge in [-0.25, -0.2) is 4.39 Å². The normalized spacial score (nSPS) is 20.4. The molecular formula is C16H23FN2. The zero-order valence-electron chi connectivity index (χ0n) is 11.6. The van der Waals surface area contributed by atoms with Crippen molar-refractivity contribution in [2.75, 3.05) is 18.0 Å². The molecule has 0 heterocycles. The first kappa shape index (κ1) is 12.9. The Morgan fingerprint density at radius 1 is 1.21 bits per heavy atom. The molecule has 1 aromatic carbocycles. The Morgan fingerprint density at radius 3 is 2.26 bits per heavy atom. The highest BCUT2D eigenvalue weighted by atomic mass is 19.1. The SMILES string of the molecule is C[C@H](N)c1c(F)cccc1N(CC1CC1)CC1CC1. The van der Waals surface area contributed by atoms with Crippen molar-refractivity contribution in [1.82, 2.24) is 0 Å². The maximum Gasteiger partial charge on any atom is 0.130 e. The summed E-state index contributed by atoms with van der Waals surface area (Å²) in [6, 6.07) is 5.11. The molecule has 3 heteroatoms. The molecule has 2 nitrogen and oxygen atoms in total. The summed E-state index contributed by atoms with van der Waals surface area (Å²) in [4.78, 5) is 2.39. The molecule has 2 fully saturated rings. The Bertz CT molecular complexity index is 436. The Labute approximate surface area is 114 Å². The minimum Gasteiger partial charge on any atom is -0.371 e. The highest BCUT2D eigenvalue weighted by Gasteiger charge is 2.30. The van der Waals surface area contributed by atoms with Gasteiger partial charge in [0.1, 0.15) is 5.82 Å². The lowest BCUT2D eigenvalue weighted by molar-refractivity contribution is 0.587. The van der Waals surface area contributed by atoms with Crippen LogP contribution in [0.3, 0.4) is 0 Å². The third-order valence-electron chi connectivity index (χ3n) is 4.18. The molecule has 0 aliphatic heterocycles. The van der Waals surface area contributed by atoms with Gasteiger partial charge < -0.3 is 10.6 Å². The zero-order chi connectivity index (χ0) is 13.4. The van der Waals surface area contributed by atoms with Gasteiger partial charge in [-0.05, 0) is 56.6 Å². The molecule has 19 heavy (non-hydrogen) atoms. The monoisotopic (exact) mass is 262 g/mol. The van der Waals surface area contributed by atoms with Crippen LogP contribution in [-0.2, 0) is 0 Å². The molecule has 1 atom stereocenters. The van der Waals surface area contributed by atoms with Crippen LogP contribution in [0.25, 0.3) is 0 Å². The highest BCUT2D eigenvalue weighted by Crippen LogP contribution is 2.38. The summed E-state index contributed by atoms with van der Waals surface area (Å²) in [5.74, 6) is 1.45. The van der Waals surface area contributed by atoms with E-state index >= 15 is 0 Å². The molecule has 0 unspecified atom stereocenters. The van der Waals surface area contributed by atoms with E-state index in [1.54, 1.807) is 0 Å². The fourth-order valence-corrected chi connectivity index (χ4v) is 2.75. The van der Waals surface area contributed by atoms with E-state index in [1.807, 2.05) is 19.1 Å². The van der Waals surface area contributed by atoms with Crippen molar-refractivity contribution < 1.29 is 4.39 Å². The van der Waals surface area contributed by atoms with Gasteiger partial charge in [0.2, 0.25) is 0 Å². The number of benzene rings is 1. The summed E-state index contributed by atoms with van der Waals surface area (Å²) < 4.78 is 14.1. The topological polar surface area (TPSA) is 29.3 Å². The van der Waals surface area contributed by atoms with Crippen LogP contribution in [0, 0.1) is 17.7 Å². The van der Waals surface area contributed by atoms with Gasteiger partial charge in [0.25, 0.3) is 0 Å². The van der Waals surface area contributed by atoms with Crippen molar-refractivity contribution >= 4 is 5.69 Å². The predicted molar refractivity (Wildman–Crippen MR) is 76.7 cm³/mol. The molecule has 104 valence electrons. The van der Waals surface area contributed by atoms with Crippen LogP contribution in [0.5, 0.6) is 0 Å². The lowest BCUT2D eigenvalue weighted by atomic mass is 10.0. The van der Waals surface area contributed by atoms with Gasteiger partial charge in [-0.3, -0.25) is 0 Å². The maximum atomic E-state index is 14.1. The van der Waals surface area contributed by atoms with Crippen LogP contribution in [0.15, 0.2) is 18.2 Å². The molecule has 0 bridgehead atoms. The Hall–Kier alpha value is -1.09. The van der Waals surface area contributed by atoms with Crippen molar-refractivity contribution in [3.05, 3.63) is 29.6 Å². The maximum absolute atomic E-state index is 14.1. The summed E-state index contributed by atoms with van der Waals surface area (Å²) in [5, 5.41) is 0.